The van der Waals surface area contributed by atoms with E-state index in [9.17, 15) is 14.9 Å². The van der Waals surface area contributed by atoms with Crippen molar-refractivity contribution in [1.82, 2.24) is 19.6 Å². The van der Waals surface area contributed by atoms with Crippen molar-refractivity contribution >= 4 is 29.0 Å². The van der Waals surface area contributed by atoms with E-state index >= 15 is 0 Å². The minimum atomic E-state index is -0.415. The molecule has 0 aliphatic heterocycles. The normalized spacial score (nSPS) is 15.4. The first-order chi connectivity index (χ1) is 16.0. The second-order valence-corrected chi connectivity index (χ2v) is 8.70. The lowest BCUT2D eigenvalue weighted by molar-refractivity contribution is -0.384. The van der Waals surface area contributed by atoms with E-state index in [0.717, 1.165) is 22.6 Å². The van der Waals surface area contributed by atoms with Crippen LogP contribution in [0.15, 0.2) is 59.9 Å². The molecule has 1 atom stereocenters. The molecule has 5 rings (SSSR count). The molecule has 0 fully saturated rings. The molecule has 0 amide bonds. The van der Waals surface area contributed by atoms with Crippen LogP contribution in [0.3, 0.4) is 0 Å². The number of carbonyl (C=O) groups is 1. The lowest BCUT2D eigenvalue weighted by Gasteiger charge is -2.23. The van der Waals surface area contributed by atoms with Crippen molar-refractivity contribution in [3.05, 3.63) is 87.2 Å². The Morgan fingerprint density at radius 2 is 2.00 bits per heavy atom. The number of ketones is 1. The van der Waals surface area contributed by atoms with Gasteiger partial charge in [0.2, 0.25) is 5.16 Å². The van der Waals surface area contributed by atoms with E-state index in [2.05, 4.69) is 15.1 Å². The van der Waals surface area contributed by atoms with Gasteiger partial charge in [-0.3, -0.25) is 14.9 Å². The summed E-state index contributed by atoms with van der Waals surface area (Å²) in [5.41, 5.74) is 3.23. The number of methoxy groups -OCH3 is 1. The molecule has 0 N–H and O–H groups in total. The largest absolute Gasteiger partial charge is 0.497 e. The standard InChI is InChI=1S/C23H19N5O4S/c1-32-18-7-5-15(6-8-18)16-10-20-19(21(29)11-16)12-27-22(24-20)25-23(26-27)33-13-14-3-2-4-17(9-14)28(30)31/h2-9,12,16H,10-11,13H2,1H3. The summed E-state index contributed by atoms with van der Waals surface area (Å²) in [4.78, 5) is 32.5. The van der Waals surface area contributed by atoms with Gasteiger partial charge in [0, 0.05) is 30.5 Å². The molecule has 1 unspecified atom stereocenters. The lowest BCUT2D eigenvalue weighted by Crippen LogP contribution is -2.21. The molecule has 0 radical (unpaired) electrons. The maximum absolute atomic E-state index is 12.9. The lowest BCUT2D eigenvalue weighted by atomic mass is 9.82. The first-order valence-corrected chi connectivity index (χ1v) is 11.3. The Labute approximate surface area is 193 Å². The van der Waals surface area contributed by atoms with E-state index in [1.54, 1.807) is 19.4 Å². The Morgan fingerprint density at radius 3 is 2.76 bits per heavy atom. The molecule has 4 aromatic rings. The zero-order valence-corrected chi connectivity index (χ0v) is 18.5. The third-order valence-electron chi connectivity index (χ3n) is 5.64. The van der Waals surface area contributed by atoms with Crippen molar-refractivity contribution in [2.24, 2.45) is 0 Å². The highest BCUT2D eigenvalue weighted by atomic mass is 32.2. The maximum atomic E-state index is 12.9. The Balaban J connectivity index is 1.36. The van der Waals surface area contributed by atoms with E-state index in [-0.39, 0.29) is 17.4 Å². The summed E-state index contributed by atoms with van der Waals surface area (Å²) in [7, 11) is 1.62. The van der Waals surface area contributed by atoms with E-state index in [0.29, 0.717) is 35.1 Å². The van der Waals surface area contributed by atoms with Gasteiger partial charge in [-0.1, -0.05) is 36.0 Å². The molecular formula is C23H19N5O4S. The molecule has 0 spiro atoms. The molecule has 1 aliphatic carbocycles. The highest BCUT2D eigenvalue weighted by Crippen LogP contribution is 2.33. The van der Waals surface area contributed by atoms with Crippen molar-refractivity contribution in [3.63, 3.8) is 0 Å². The fourth-order valence-corrected chi connectivity index (χ4v) is 4.71. The molecule has 0 bridgehead atoms. The number of aromatic nitrogens is 4. The number of carbonyl (C=O) groups excluding carboxylic acids is 1. The average molecular weight is 462 g/mol. The van der Waals surface area contributed by atoms with Gasteiger partial charge in [-0.25, -0.2) is 9.50 Å². The third kappa shape index (κ3) is 4.29. The number of Topliss-reactive ketones (excluding diaryl/α,β-unsaturated/α-hetero) is 1. The van der Waals surface area contributed by atoms with Crippen LogP contribution in [0, 0.1) is 10.1 Å². The molecule has 2 aromatic heterocycles. The number of fused-ring (bicyclic) bond motifs is 2. The average Bonchev–Trinajstić information content (AvgIpc) is 3.23. The fourth-order valence-electron chi connectivity index (χ4n) is 3.95. The number of benzene rings is 2. The van der Waals surface area contributed by atoms with Gasteiger partial charge in [0.1, 0.15) is 5.75 Å². The van der Waals surface area contributed by atoms with Crippen molar-refractivity contribution in [2.45, 2.75) is 29.7 Å². The summed E-state index contributed by atoms with van der Waals surface area (Å²) in [5.74, 6) is 1.78. The Kier molecular flexibility index (Phi) is 5.51. The zero-order valence-electron chi connectivity index (χ0n) is 17.7. The number of nitro groups is 1. The number of thioether (sulfide) groups is 1. The van der Waals surface area contributed by atoms with Crippen LogP contribution in [-0.4, -0.2) is 37.4 Å². The van der Waals surface area contributed by atoms with Crippen LogP contribution in [0.5, 0.6) is 5.75 Å². The first-order valence-electron chi connectivity index (χ1n) is 10.3. The van der Waals surface area contributed by atoms with Gasteiger partial charge >= 0.3 is 0 Å². The van der Waals surface area contributed by atoms with Crippen molar-refractivity contribution in [3.8, 4) is 5.75 Å². The van der Waals surface area contributed by atoms with Crippen LogP contribution in [0.4, 0.5) is 5.69 Å². The van der Waals surface area contributed by atoms with Gasteiger partial charge in [-0.05, 0) is 35.6 Å². The molecule has 33 heavy (non-hydrogen) atoms. The summed E-state index contributed by atoms with van der Waals surface area (Å²) < 4.78 is 6.75. The number of ether oxygens (including phenoxy) is 1. The summed E-state index contributed by atoms with van der Waals surface area (Å²) in [6, 6.07) is 14.3. The van der Waals surface area contributed by atoms with Crippen LogP contribution >= 0.6 is 11.8 Å². The van der Waals surface area contributed by atoms with Crippen molar-refractivity contribution < 1.29 is 14.5 Å². The number of rotatable bonds is 6. The van der Waals surface area contributed by atoms with Gasteiger partial charge in [-0.15, -0.1) is 5.10 Å². The smallest absolute Gasteiger partial charge is 0.269 e. The maximum Gasteiger partial charge on any atom is 0.269 e. The molecule has 2 heterocycles. The Bertz CT molecular complexity index is 1370. The van der Waals surface area contributed by atoms with Gasteiger partial charge < -0.3 is 4.74 Å². The van der Waals surface area contributed by atoms with Crippen LogP contribution in [-0.2, 0) is 12.2 Å². The third-order valence-corrected chi connectivity index (χ3v) is 6.55. The van der Waals surface area contributed by atoms with Gasteiger partial charge in [-0.2, -0.15) is 4.98 Å². The fraction of sp³-hybridized carbons (Fsp3) is 0.217. The van der Waals surface area contributed by atoms with E-state index < -0.39 is 4.92 Å². The molecule has 2 aromatic carbocycles. The van der Waals surface area contributed by atoms with E-state index in [1.807, 2.05) is 30.3 Å². The summed E-state index contributed by atoms with van der Waals surface area (Å²) in [6.45, 7) is 0. The number of non-ortho nitro benzene ring substituents is 1. The topological polar surface area (TPSA) is 113 Å². The molecule has 166 valence electrons. The van der Waals surface area contributed by atoms with Gasteiger partial charge in [0.05, 0.1) is 23.3 Å². The quantitative estimate of drug-likeness (QED) is 0.238. The molecule has 0 saturated carbocycles. The summed E-state index contributed by atoms with van der Waals surface area (Å²) >= 11 is 1.36. The number of nitrogens with zero attached hydrogens (tertiary/aromatic N) is 5. The molecule has 0 saturated heterocycles. The second-order valence-electron chi connectivity index (χ2n) is 7.76. The number of nitro benzene ring substituents is 1. The van der Waals surface area contributed by atoms with E-state index in [4.69, 9.17) is 4.74 Å². The Hall–Kier alpha value is -3.79. The number of hydrogen-bond donors (Lipinski definition) is 0. The first kappa shape index (κ1) is 21.1. The van der Waals surface area contributed by atoms with Crippen molar-refractivity contribution in [1.29, 1.82) is 0 Å². The molecular weight excluding hydrogens is 442 g/mol. The van der Waals surface area contributed by atoms with Gasteiger partial charge in [0.15, 0.2) is 5.78 Å². The van der Waals surface area contributed by atoms with E-state index in [1.165, 1.54) is 28.4 Å². The van der Waals surface area contributed by atoms with Crippen LogP contribution in [0.25, 0.3) is 5.78 Å². The predicted octanol–water partition coefficient (Wildman–Crippen LogP) is 4.25. The van der Waals surface area contributed by atoms with Gasteiger partial charge in [0.25, 0.3) is 11.5 Å². The zero-order chi connectivity index (χ0) is 22.9. The Morgan fingerprint density at radius 1 is 1.18 bits per heavy atom. The second kappa shape index (κ2) is 8.62. The minimum absolute atomic E-state index is 0.0350. The molecule has 10 heteroatoms. The minimum Gasteiger partial charge on any atom is -0.497 e. The highest BCUT2D eigenvalue weighted by Gasteiger charge is 2.28. The SMILES string of the molecule is COc1ccc(C2CC(=O)c3cn4nc(SCc5cccc([N+](=O)[O-])c5)nc4nc3C2)cc1. The van der Waals surface area contributed by atoms with Crippen LogP contribution < -0.4 is 4.74 Å². The molecule has 1 aliphatic rings. The molecule has 9 nitrogen and oxygen atoms in total. The highest BCUT2D eigenvalue weighted by molar-refractivity contribution is 7.98. The predicted molar refractivity (Wildman–Crippen MR) is 122 cm³/mol. The van der Waals surface area contributed by atoms with Crippen LogP contribution in [0.1, 0.15) is 39.5 Å². The number of hydrogen-bond acceptors (Lipinski definition) is 8. The van der Waals surface area contributed by atoms with Crippen LogP contribution in [0.2, 0.25) is 0 Å². The summed E-state index contributed by atoms with van der Waals surface area (Å²) in [6.07, 6.45) is 2.76. The summed E-state index contributed by atoms with van der Waals surface area (Å²) in [5, 5.41) is 15.9. The van der Waals surface area contributed by atoms with Crippen molar-refractivity contribution in [2.75, 3.05) is 7.11 Å². The monoisotopic (exact) mass is 461 g/mol.